The maximum Gasteiger partial charge on any atom is 0.287 e. The second-order valence-corrected chi connectivity index (χ2v) is 2.47. The predicted octanol–water partition coefficient (Wildman–Crippen LogP) is 1.12. The second-order valence-electron chi connectivity index (χ2n) is 2.47. The fourth-order valence-electron chi connectivity index (χ4n) is 0.879. The quantitative estimate of drug-likeness (QED) is 0.395. The lowest BCUT2D eigenvalue weighted by Crippen LogP contribution is -1.93. The first-order valence-corrected chi connectivity index (χ1v) is 3.77. The van der Waals surface area contributed by atoms with Gasteiger partial charge in [-0.25, -0.2) is 0 Å². The molecule has 68 valence electrons. The number of nitro groups is 1. The van der Waals surface area contributed by atoms with Crippen molar-refractivity contribution in [2.75, 3.05) is 0 Å². The Morgan fingerprint density at radius 3 is 2.77 bits per heavy atom. The van der Waals surface area contributed by atoms with E-state index in [1.807, 2.05) is 0 Å². The number of pyridine rings is 1. The standard InChI is InChI=1S/C8H8N2O3/c11-5-1-2-7-3-4-8(6-9-7)10(12)13/h3-6H,1-2H2. The molecule has 1 rings (SSSR count). The highest BCUT2D eigenvalue weighted by Gasteiger charge is 2.04. The number of nitrogens with zero attached hydrogens (tertiary/aromatic N) is 2. The number of rotatable bonds is 4. The molecule has 0 radical (unpaired) electrons. The van der Waals surface area contributed by atoms with Crippen LogP contribution in [0.15, 0.2) is 18.3 Å². The van der Waals surface area contributed by atoms with Gasteiger partial charge in [-0.2, -0.15) is 0 Å². The van der Waals surface area contributed by atoms with Crippen LogP contribution in [0.25, 0.3) is 0 Å². The van der Waals surface area contributed by atoms with Gasteiger partial charge in [-0.3, -0.25) is 15.1 Å². The van der Waals surface area contributed by atoms with Crippen LogP contribution in [0.4, 0.5) is 5.69 Å². The lowest BCUT2D eigenvalue weighted by Gasteiger charge is -1.95. The molecule has 1 heterocycles. The summed E-state index contributed by atoms with van der Waals surface area (Å²) in [5, 5.41) is 10.2. The van der Waals surface area contributed by atoms with Crippen molar-refractivity contribution < 1.29 is 9.72 Å². The van der Waals surface area contributed by atoms with Crippen molar-refractivity contribution in [3.63, 3.8) is 0 Å². The number of carbonyl (C=O) groups excluding carboxylic acids is 1. The third-order valence-corrected chi connectivity index (χ3v) is 1.54. The van der Waals surface area contributed by atoms with E-state index in [1.54, 1.807) is 6.07 Å². The number of aldehydes is 1. The van der Waals surface area contributed by atoms with Crippen LogP contribution in [-0.2, 0) is 11.2 Å². The molecular formula is C8H8N2O3. The molecule has 1 aromatic rings. The molecule has 1 aromatic heterocycles. The normalized spacial score (nSPS) is 9.54. The highest BCUT2D eigenvalue weighted by Crippen LogP contribution is 2.09. The smallest absolute Gasteiger partial charge is 0.287 e. The summed E-state index contributed by atoms with van der Waals surface area (Å²) in [5.74, 6) is 0. The first-order valence-electron chi connectivity index (χ1n) is 3.77. The lowest BCUT2D eigenvalue weighted by molar-refractivity contribution is -0.385. The third-order valence-electron chi connectivity index (χ3n) is 1.54. The number of carbonyl (C=O) groups is 1. The van der Waals surface area contributed by atoms with Crippen molar-refractivity contribution in [3.05, 3.63) is 34.1 Å². The molecule has 13 heavy (non-hydrogen) atoms. The van der Waals surface area contributed by atoms with Gasteiger partial charge in [0, 0.05) is 18.2 Å². The van der Waals surface area contributed by atoms with Crippen molar-refractivity contribution in [2.24, 2.45) is 0 Å². The summed E-state index contributed by atoms with van der Waals surface area (Å²) in [7, 11) is 0. The van der Waals surface area contributed by atoms with Crippen LogP contribution in [0.5, 0.6) is 0 Å². The molecule has 0 amide bonds. The Morgan fingerprint density at radius 1 is 1.54 bits per heavy atom. The maximum atomic E-state index is 10.2. The molecule has 0 saturated heterocycles. The molecule has 0 aliphatic heterocycles. The Bertz CT molecular complexity index is 308. The molecule has 0 N–H and O–H groups in total. The van der Waals surface area contributed by atoms with Gasteiger partial charge >= 0.3 is 0 Å². The van der Waals surface area contributed by atoms with Crippen LogP contribution in [0.2, 0.25) is 0 Å². The van der Waals surface area contributed by atoms with Crippen LogP contribution < -0.4 is 0 Å². The third kappa shape index (κ3) is 2.62. The highest BCUT2D eigenvalue weighted by atomic mass is 16.6. The van der Waals surface area contributed by atoms with Gasteiger partial charge in [-0.05, 0) is 12.5 Å². The molecule has 0 fully saturated rings. The van der Waals surface area contributed by atoms with E-state index in [2.05, 4.69) is 4.98 Å². The predicted molar refractivity (Wildman–Crippen MR) is 45.3 cm³/mol. The summed E-state index contributed by atoms with van der Waals surface area (Å²) in [5.41, 5.74) is 0.660. The Morgan fingerprint density at radius 2 is 2.31 bits per heavy atom. The van der Waals surface area contributed by atoms with Gasteiger partial charge in [0.05, 0.1) is 4.92 Å². The first-order chi connectivity index (χ1) is 6.24. The fourth-order valence-corrected chi connectivity index (χ4v) is 0.879. The Balaban J connectivity index is 2.69. The van der Waals surface area contributed by atoms with Gasteiger partial charge in [-0.15, -0.1) is 0 Å². The van der Waals surface area contributed by atoms with Crippen LogP contribution in [0, 0.1) is 10.1 Å². The SMILES string of the molecule is O=CCCc1ccc([N+](=O)[O-])cn1. The zero-order valence-electron chi connectivity index (χ0n) is 6.84. The van der Waals surface area contributed by atoms with E-state index in [0.717, 1.165) is 6.29 Å². The van der Waals surface area contributed by atoms with Gasteiger partial charge in [-0.1, -0.05) is 0 Å². The number of hydrogen-bond acceptors (Lipinski definition) is 4. The summed E-state index contributed by atoms with van der Waals surface area (Å²) >= 11 is 0. The monoisotopic (exact) mass is 180 g/mol. The van der Waals surface area contributed by atoms with Crippen molar-refractivity contribution >= 4 is 12.0 Å². The van der Waals surface area contributed by atoms with Gasteiger partial charge in [0.1, 0.15) is 12.5 Å². The molecule has 0 aromatic carbocycles. The van der Waals surface area contributed by atoms with Gasteiger partial charge < -0.3 is 4.79 Å². The Hall–Kier alpha value is -1.78. The molecule has 0 unspecified atom stereocenters. The van der Waals surface area contributed by atoms with Gasteiger partial charge in [0.15, 0.2) is 0 Å². The molecule has 0 atom stereocenters. The summed E-state index contributed by atoms with van der Waals surface area (Å²) in [4.78, 5) is 23.6. The molecule has 0 aliphatic carbocycles. The first kappa shape index (κ1) is 9.31. The summed E-state index contributed by atoms with van der Waals surface area (Å²) in [6.07, 6.45) is 2.91. The average Bonchev–Trinajstić information content (AvgIpc) is 2.15. The van der Waals surface area contributed by atoms with Crippen LogP contribution >= 0.6 is 0 Å². The van der Waals surface area contributed by atoms with Gasteiger partial charge in [0.2, 0.25) is 0 Å². The fraction of sp³-hybridized carbons (Fsp3) is 0.250. The highest BCUT2D eigenvalue weighted by molar-refractivity contribution is 5.49. The van der Waals surface area contributed by atoms with Crippen LogP contribution in [0.1, 0.15) is 12.1 Å². The van der Waals surface area contributed by atoms with Crippen molar-refractivity contribution in [1.82, 2.24) is 4.98 Å². The molecule has 0 bridgehead atoms. The summed E-state index contributed by atoms with van der Waals surface area (Å²) < 4.78 is 0. The number of hydrogen-bond donors (Lipinski definition) is 0. The molecule has 0 saturated carbocycles. The minimum Gasteiger partial charge on any atom is -0.303 e. The van der Waals surface area contributed by atoms with E-state index >= 15 is 0 Å². The molecule has 0 aliphatic rings. The van der Waals surface area contributed by atoms with E-state index in [0.29, 0.717) is 18.5 Å². The van der Waals surface area contributed by atoms with Gasteiger partial charge in [0.25, 0.3) is 5.69 Å². The average molecular weight is 180 g/mol. The van der Waals surface area contributed by atoms with E-state index in [4.69, 9.17) is 0 Å². The summed E-state index contributed by atoms with van der Waals surface area (Å²) in [6, 6.07) is 2.94. The molecule has 5 nitrogen and oxygen atoms in total. The maximum absolute atomic E-state index is 10.2. The van der Waals surface area contributed by atoms with E-state index in [1.165, 1.54) is 12.3 Å². The molecular weight excluding hydrogens is 172 g/mol. The van der Waals surface area contributed by atoms with Crippen molar-refractivity contribution in [3.8, 4) is 0 Å². The Kier molecular flexibility index (Phi) is 3.08. The lowest BCUT2D eigenvalue weighted by atomic mass is 10.2. The zero-order chi connectivity index (χ0) is 9.68. The minimum absolute atomic E-state index is 0.0325. The van der Waals surface area contributed by atoms with E-state index in [9.17, 15) is 14.9 Å². The second kappa shape index (κ2) is 4.30. The number of aryl methyl sites for hydroxylation is 1. The van der Waals surface area contributed by atoms with Crippen LogP contribution in [-0.4, -0.2) is 16.2 Å². The number of aromatic nitrogens is 1. The zero-order valence-corrected chi connectivity index (χ0v) is 6.84. The van der Waals surface area contributed by atoms with E-state index in [-0.39, 0.29) is 5.69 Å². The molecule has 5 heteroatoms. The van der Waals surface area contributed by atoms with Crippen molar-refractivity contribution in [1.29, 1.82) is 0 Å². The van der Waals surface area contributed by atoms with Crippen LogP contribution in [0.3, 0.4) is 0 Å². The van der Waals surface area contributed by atoms with E-state index < -0.39 is 4.92 Å². The minimum atomic E-state index is -0.503. The van der Waals surface area contributed by atoms with Crippen molar-refractivity contribution in [2.45, 2.75) is 12.8 Å². The molecule has 0 spiro atoms. The largest absolute Gasteiger partial charge is 0.303 e. The summed E-state index contributed by atoms with van der Waals surface area (Å²) in [6.45, 7) is 0. The Labute approximate surface area is 74.6 Å². The topological polar surface area (TPSA) is 73.1 Å².